The van der Waals surface area contributed by atoms with Crippen LogP contribution >= 0.6 is 0 Å². The van der Waals surface area contributed by atoms with Crippen molar-refractivity contribution in [1.82, 2.24) is 0 Å². The van der Waals surface area contributed by atoms with Crippen molar-refractivity contribution < 1.29 is 14.6 Å². The van der Waals surface area contributed by atoms with E-state index >= 15 is 0 Å². The molecule has 1 atom stereocenters. The number of benzene rings is 1. The molecule has 1 rings (SSSR count). The maximum Gasteiger partial charge on any atom is 0.255 e. The van der Waals surface area contributed by atoms with Crippen LogP contribution in [0.5, 0.6) is 5.75 Å². The van der Waals surface area contributed by atoms with E-state index in [-0.39, 0.29) is 6.61 Å². The van der Waals surface area contributed by atoms with Gasteiger partial charge in [0.25, 0.3) is 5.91 Å². The first-order valence-corrected chi connectivity index (χ1v) is 4.29. The molecule has 0 saturated carbocycles. The van der Waals surface area contributed by atoms with Gasteiger partial charge in [-0.3, -0.25) is 4.79 Å². The van der Waals surface area contributed by atoms with E-state index in [1.165, 1.54) is 0 Å². The average molecular weight is 195 g/mol. The van der Waals surface area contributed by atoms with E-state index in [0.717, 1.165) is 0 Å². The predicted octanol–water partition coefficient (Wildman–Crippen LogP) is 0.604. The highest BCUT2D eigenvalue weighted by Crippen LogP contribution is 2.24. The van der Waals surface area contributed by atoms with E-state index in [1.54, 1.807) is 31.2 Å². The molecule has 3 N–H and O–H groups in total. The molecule has 0 aliphatic rings. The number of aliphatic hydroxyl groups excluding tert-OH is 1. The normalized spacial score (nSPS) is 12.1. The van der Waals surface area contributed by atoms with Gasteiger partial charge in [-0.2, -0.15) is 0 Å². The van der Waals surface area contributed by atoms with Gasteiger partial charge in [-0.05, 0) is 13.0 Å². The van der Waals surface area contributed by atoms with Crippen molar-refractivity contribution in [2.45, 2.75) is 13.0 Å². The fraction of sp³-hybridized carbons (Fsp3) is 0.300. The fourth-order valence-corrected chi connectivity index (χ4v) is 1.11. The second kappa shape index (κ2) is 4.62. The van der Waals surface area contributed by atoms with Crippen LogP contribution in [-0.2, 0) is 4.79 Å². The van der Waals surface area contributed by atoms with Crippen LogP contribution in [0.15, 0.2) is 24.3 Å². The van der Waals surface area contributed by atoms with Crippen LogP contribution < -0.4 is 10.5 Å². The summed E-state index contributed by atoms with van der Waals surface area (Å²) in [6.45, 7) is 1.45. The van der Waals surface area contributed by atoms with Crippen molar-refractivity contribution in [2.24, 2.45) is 5.73 Å². The first-order chi connectivity index (χ1) is 6.61. The Balaban J connectivity index is 2.79. The number of ether oxygens (including phenoxy) is 1. The molecule has 4 nitrogen and oxygen atoms in total. The zero-order valence-electron chi connectivity index (χ0n) is 7.93. The van der Waals surface area contributed by atoms with Crippen LogP contribution in [0.3, 0.4) is 0 Å². The lowest BCUT2D eigenvalue weighted by Gasteiger charge is -2.11. The summed E-state index contributed by atoms with van der Waals surface area (Å²) in [7, 11) is 0. The first kappa shape index (κ1) is 10.5. The van der Waals surface area contributed by atoms with Crippen molar-refractivity contribution in [3.8, 4) is 5.75 Å². The third-order valence-electron chi connectivity index (χ3n) is 1.74. The highest BCUT2D eigenvalue weighted by atomic mass is 16.5. The van der Waals surface area contributed by atoms with E-state index in [0.29, 0.717) is 11.3 Å². The molecule has 1 aromatic rings. The SMILES string of the molecule is C[C@@H](O)c1ccccc1OCC(N)=O. The van der Waals surface area contributed by atoms with Gasteiger partial charge in [-0.1, -0.05) is 18.2 Å². The number of hydrogen-bond donors (Lipinski definition) is 2. The fourth-order valence-electron chi connectivity index (χ4n) is 1.11. The number of amides is 1. The summed E-state index contributed by atoms with van der Waals surface area (Å²) >= 11 is 0. The molecule has 1 aromatic carbocycles. The van der Waals surface area contributed by atoms with Gasteiger partial charge >= 0.3 is 0 Å². The third kappa shape index (κ3) is 2.74. The predicted molar refractivity (Wildman–Crippen MR) is 51.8 cm³/mol. The number of rotatable bonds is 4. The number of carbonyl (C=O) groups is 1. The van der Waals surface area contributed by atoms with Crippen molar-refractivity contribution in [3.05, 3.63) is 29.8 Å². The number of nitrogens with two attached hydrogens (primary N) is 1. The maximum absolute atomic E-state index is 10.5. The van der Waals surface area contributed by atoms with E-state index in [4.69, 9.17) is 10.5 Å². The summed E-state index contributed by atoms with van der Waals surface area (Å²) in [5, 5.41) is 9.37. The Hall–Kier alpha value is -1.55. The molecule has 0 spiro atoms. The Labute approximate surface area is 82.3 Å². The molecule has 0 heterocycles. The summed E-state index contributed by atoms with van der Waals surface area (Å²) in [5.41, 5.74) is 5.59. The molecule has 76 valence electrons. The quantitative estimate of drug-likeness (QED) is 0.739. The Morgan fingerprint density at radius 2 is 2.21 bits per heavy atom. The number of aliphatic hydroxyl groups is 1. The van der Waals surface area contributed by atoms with E-state index in [2.05, 4.69) is 0 Å². The van der Waals surface area contributed by atoms with Crippen molar-refractivity contribution in [3.63, 3.8) is 0 Å². The van der Waals surface area contributed by atoms with Crippen LogP contribution in [0, 0.1) is 0 Å². The van der Waals surface area contributed by atoms with Crippen molar-refractivity contribution in [2.75, 3.05) is 6.61 Å². The summed E-state index contributed by atoms with van der Waals surface area (Å²) < 4.78 is 5.13. The monoisotopic (exact) mass is 195 g/mol. The first-order valence-electron chi connectivity index (χ1n) is 4.29. The molecule has 0 fully saturated rings. The average Bonchev–Trinajstić information content (AvgIpc) is 2.15. The Bertz CT molecular complexity index is 323. The van der Waals surface area contributed by atoms with Crippen LogP contribution in [0.4, 0.5) is 0 Å². The van der Waals surface area contributed by atoms with Crippen molar-refractivity contribution in [1.29, 1.82) is 0 Å². The van der Waals surface area contributed by atoms with Gasteiger partial charge in [-0.25, -0.2) is 0 Å². The van der Waals surface area contributed by atoms with Crippen LogP contribution in [-0.4, -0.2) is 17.6 Å². The van der Waals surface area contributed by atoms with Gasteiger partial charge in [-0.15, -0.1) is 0 Å². The zero-order chi connectivity index (χ0) is 10.6. The van der Waals surface area contributed by atoms with Gasteiger partial charge in [0.05, 0.1) is 6.10 Å². The molecular formula is C10H13NO3. The molecular weight excluding hydrogens is 182 g/mol. The molecule has 0 unspecified atom stereocenters. The molecule has 4 heteroatoms. The lowest BCUT2D eigenvalue weighted by Crippen LogP contribution is -2.20. The molecule has 1 amide bonds. The van der Waals surface area contributed by atoms with Gasteiger partial charge in [0.2, 0.25) is 0 Å². The molecule has 0 radical (unpaired) electrons. The van der Waals surface area contributed by atoms with Gasteiger partial charge in [0, 0.05) is 5.56 Å². The minimum absolute atomic E-state index is 0.177. The van der Waals surface area contributed by atoms with Gasteiger partial charge < -0.3 is 15.6 Å². The minimum Gasteiger partial charge on any atom is -0.483 e. The smallest absolute Gasteiger partial charge is 0.255 e. The van der Waals surface area contributed by atoms with E-state index in [9.17, 15) is 9.90 Å². The van der Waals surface area contributed by atoms with Crippen molar-refractivity contribution >= 4 is 5.91 Å². The Morgan fingerprint density at radius 3 is 2.79 bits per heavy atom. The highest BCUT2D eigenvalue weighted by Gasteiger charge is 2.08. The Kier molecular flexibility index (Phi) is 3.48. The number of primary amides is 1. The largest absolute Gasteiger partial charge is 0.483 e. The molecule has 14 heavy (non-hydrogen) atoms. The summed E-state index contributed by atoms with van der Waals surface area (Å²) in [6, 6.07) is 6.98. The van der Waals surface area contributed by atoms with Gasteiger partial charge in [0.1, 0.15) is 5.75 Å². The minimum atomic E-state index is -0.626. The Morgan fingerprint density at radius 1 is 1.57 bits per heavy atom. The molecule has 0 aliphatic carbocycles. The maximum atomic E-state index is 10.5. The molecule has 0 saturated heterocycles. The van der Waals surface area contributed by atoms with E-state index < -0.39 is 12.0 Å². The lowest BCUT2D eigenvalue weighted by molar-refractivity contribution is -0.120. The standard InChI is InChI=1S/C10H13NO3/c1-7(12)8-4-2-3-5-9(8)14-6-10(11)13/h2-5,7,12H,6H2,1H3,(H2,11,13)/t7-/m1/s1. The number of hydrogen-bond acceptors (Lipinski definition) is 3. The topological polar surface area (TPSA) is 72.6 Å². The summed E-state index contributed by atoms with van der Waals surface area (Å²) in [5.74, 6) is -0.0494. The second-order valence-corrected chi connectivity index (χ2v) is 2.97. The van der Waals surface area contributed by atoms with Crippen LogP contribution in [0.25, 0.3) is 0 Å². The summed E-state index contributed by atoms with van der Waals surface area (Å²) in [6.07, 6.45) is -0.626. The third-order valence-corrected chi connectivity index (χ3v) is 1.74. The number of para-hydroxylation sites is 1. The molecule has 0 aromatic heterocycles. The highest BCUT2D eigenvalue weighted by molar-refractivity contribution is 5.75. The van der Waals surface area contributed by atoms with E-state index in [1.807, 2.05) is 0 Å². The van der Waals surface area contributed by atoms with Crippen LogP contribution in [0.2, 0.25) is 0 Å². The zero-order valence-corrected chi connectivity index (χ0v) is 7.93. The lowest BCUT2D eigenvalue weighted by atomic mass is 10.1. The molecule has 0 bridgehead atoms. The second-order valence-electron chi connectivity index (χ2n) is 2.97. The number of carbonyl (C=O) groups excluding carboxylic acids is 1. The molecule has 0 aliphatic heterocycles. The van der Waals surface area contributed by atoms with Crippen LogP contribution in [0.1, 0.15) is 18.6 Å². The van der Waals surface area contributed by atoms with Gasteiger partial charge in [0.15, 0.2) is 6.61 Å². The summed E-state index contributed by atoms with van der Waals surface area (Å²) in [4.78, 5) is 10.5.